The highest BCUT2D eigenvalue weighted by Gasteiger charge is 2.39. The van der Waals surface area contributed by atoms with Crippen LogP contribution in [0.5, 0.6) is 0 Å². The molecule has 2 rings (SSSR count). The van der Waals surface area contributed by atoms with E-state index in [1.54, 1.807) is 11.1 Å². The van der Waals surface area contributed by atoms with Gasteiger partial charge in [-0.1, -0.05) is 50.1 Å². The Bertz CT molecular complexity index is 386. The third kappa shape index (κ3) is 2.61. The molecule has 0 amide bonds. The monoisotopic (exact) mass is 245 g/mol. The number of allylic oxidation sites excluding steroid dienone is 5. The van der Waals surface area contributed by atoms with Crippen molar-refractivity contribution >= 4 is 0 Å². The highest BCUT2D eigenvalue weighted by molar-refractivity contribution is 5.41. The standard InChI is InChI=1S/C17H27N/c1-5-6-10-15-14-9-7-8-11-17(2,12-14)16(15)13-18(3)4/h7-9,11,14H,5-6,10,12-13H2,1-4H3. The summed E-state index contributed by atoms with van der Waals surface area (Å²) in [4.78, 5) is 2.32. The van der Waals surface area contributed by atoms with Crippen molar-refractivity contribution in [3.63, 3.8) is 0 Å². The lowest BCUT2D eigenvalue weighted by molar-refractivity contribution is 0.389. The minimum Gasteiger partial charge on any atom is -0.305 e. The molecule has 0 fully saturated rings. The summed E-state index contributed by atoms with van der Waals surface area (Å²) < 4.78 is 0. The van der Waals surface area contributed by atoms with Crippen LogP contribution in [0, 0.1) is 11.3 Å². The summed E-state index contributed by atoms with van der Waals surface area (Å²) >= 11 is 0. The highest BCUT2D eigenvalue weighted by atomic mass is 15.1. The number of nitrogens with zero attached hydrogens (tertiary/aromatic N) is 1. The van der Waals surface area contributed by atoms with Crippen molar-refractivity contribution in [2.24, 2.45) is 11.3 Å². The predicted octanol–water partition coefficient (Wildman–Crippen LogP) is 4.19. The van der Waals surface area contributed by atoms with Gasteiger partial charge in [0.15, 0.2) is 0 Å². The first-order valence-corrected chi connectivity index (χ1v) is 7.30. The minimum absolute atomic E-state index is 0.293. The van der Waals surface area contributed by atoms with Crippen molar-refractivity contribution in [2.75, 3.05) is 20.6 Å². The Hall–Kier alpha value is -0.820. The first-order valence-electron chi connectivity index (χ1n) is 7.30. The van der Waals surface area contributed by atoms with Gasteiger partial charge in [-0.05, 0) is 44.8 Å². The lowest BCUT2D eigenvalue weighted by Crippen LogP contribution is -2.24. The average molecular weight is 245 g/mol. The largest absolute Gasteiger partial charge is 0.305 e. The van der Waals surface area contributed by atoms with E-state index in [0.717, 1.165) is 6.54 Å². The molecule has 0 aliphatic heterocycles. The first kappa shape index (κ1) is 13.6. The van der Waals surface area contributed by atoms with Gasteiger partial charge in [0, 0.05) is 12.0 Å². The molecule has 100 valence electrons. The highest BCUT2D eigenvalue weighted by Crippen LogP contribution is 2.50. The number of hydrogen-bond donors (Lipinski definition) is 0. The van der Waals surface area contributed by atoms with Gasteiger partial charge >= 0.3 is 0 Å². The first-order chi connectivity index (χ1) is 8.57. The summed E-state index contributed by atoms with van der Waals surface area (Å²) in [7, 11) is 4.37. The zero-order chi connectivity index (χ0) is 13.2. The Balaban J connectivity index is 2.34. The van der Waals surface area contributed by atoms with Gasteiger partial charge in [0.05, 0.1) is 0 Å². The smallest absolute Gasteiger partial charge is 0.0198 e. The van der Waals surface area contributed by atoms with E-state index in [-0.39, 0.29) is 0 Å². The minimum atomic E-state index is 0.293. The van der Waals surface area contributed by atoms with Crippen LogP contribution in [0.15, 0.2) is 35.5 Å². The Kier molecular flexibility index (Phi) is 4.11. The van der Waals surface area contributed by atoms with E-state index in [1.807, 2.05) is 0 Å². The molecule has 0 spiro atoms. The molecular weight excluding hydrogens is 218 g/mol. The summed E-state index contributed by atoms with van der Waals surface area (Å²) in [6, 6.07) is 0. The average Bonchev–Trinajstić information content (AvgIpc) is 2.47. The normalized spacial score (nSPS) is 30.4. The van der Waals surface area contributed by atoms with Crippen LogP contribution in [0.4, 0.5) is 0 Å². The maximum absolute atomic E-state index is 2.42. The molecule has 2 aliphatic carbocycles. The lowest BCUT2D eigenvalue weighted by atomic mass is 9.82. The molecule has 0 aromatic rings. The van der Waals surface area contributed by atoms with Gasteiger partial charge in [-0.15, -0.1) is 0 Å². The molecule has 0 aromatic heterocycles. The van der Waals surface area contributed by atoms with Crippen LogP contribution in [0.25, 0.3) is 0 Å². The van der Waals surface area contributed by atoms with Crippen LogP contribution in [0.2, 0.25) is 0 Å². The lowest BCUT2D eigenvalue weighted by Gasteiger charge is -2.27. The van der Waals surface area contributed by atoms with E-state index in [1.165, 1.54) is 25.7 Å². The molecule has 2 unspecified atom stereocenters. The van der Waals surface area contributed by atoms with Gasteiger partial charge in [0.25, 0.3) is 0 Å². The molecule has 0 radical (unpaired) electrons. The number of likely N-dealkylation sites (N-methyl/N-ethyl adjacent to an activating group) is 1. The summed E-state index contributed by atoms with van der Waals surface area (Å²) in [6.07, 6.45) is 14.5. The van der Waals surface area contributed by atoms with Crippen molar-refractivity contribution in [2.45, 2.75) is 39.5 Å². The maximum atomic E-state index is 2.42. The van der Waals surface area contributed by atoms with Crippen LogP contribution in [0.3, 0.4) is 0 Å². The fourth-order valence-corrected chi connectivity index (χ4v) is 3.41. The van der Waals surface area contributed by atoms with Crippen molar-refractivity contribution in [3.8, 4) is 0 Å². The quantitative estimate of drug-likeness (QED) is 0.657. The summed E-state index contributed by atoms with van der Waals surface area (Å²) in [5.74, 6) is 0.687. The summed E-state index contributed by atoms with van der Waals surface area (Å²) in [6.45, 7) is 5.82. The van der Waals surface area contributed by atoms with Crippen molar-refractivity contribution in [1.29, 1.82) is 0 Å². The van der Waals surface area contributed by atoms with Gasteiger partial charge in [-0.25, -0.2) is 0 Å². The third-order valence-electron chi connectivity index (χ3n) is 4.36. The fourth-order valence-electron chi connectivity index (χ4n) is 3.41. The van der Waals surface area contributed by atoms with E-state index in [4.69, 9.17) is 0 Å². The van der Waals surface area contributed by atoms with Gasteiger partial charge in [0.1, 0.15) is 0 Å². The molecule has 0 saturated heterocycles. The van der Waals surface area contributed by atoms with E-state index >= 15 is 0 Å². The molecular formula is C17H27N. The summed E-state index contributed by atoms with van der Waals surface area (Å²) in [5, 5.41) is 0. The van der Waals surface area contributed by atoms with Crippen molar-refractivity contribution in [3.05, 3.63) is 35.5 Å². The molecule has 0 aromatic carbocycles. The Morgan fingerprint density at radius 1 is 1.33 bits per heavy atom. The van der Waals surface area contributed by atoms with Gasteiger partial charge < -0.3 is 4.90 Å². The second-order valence-electron chi connectivity index (χ2n) is 6.32. The van der Waals surface area contributed by atoms with E-state index in [9.17, 15) is 0 Å². The predicted molar refractivity (Wildman–Crippen MR) is 79.6 cm³/mol. The summed E-state index contributed by atoms with van der Waals surface area (Å²) in [5.41, 5.74) is 3.71. The molecule has 0 saturated carbocycles. The van der Waals surface area contributed by atoms with Crippen molar-refractivity contribution in [1.82, 2.24) is 4.90 Å². The number of fused-ring (bicyclic) bond motifs is 2. The molecule has 0 N–H and O–H groups in total. The van der Waals surface area contributed by atoms with Gasteiger partial charge in [-0.2, -0.15) is 0 Å². The maximum Gasteiger partial charge on any atom is 0.0198 e. The van der Waals surface area contributed by atoms with E-state index < -0.39 is 0 Å². The van der Waals surface area contributed by atoms with Crippen molar-refractivity contribution < 1.29 is 0 Å². The molecule has 18 heavy (non-hydrogen) atoms. The molecule has 1 nitrogen and oxygen atoms in total. The van der Waals surface area contributed by atoms with Crippen LogP contribution in [-0.2, 0) is 0 Å². The Morgan fingerprint density at radius 2 is 2.11 bits per heavy atom. The molecule has 1 heteroatoms. The molecule has 2 bridgehead atoms. The zero-order valence-corrected chi connectivity index (χ0v) is 12.4. The fraction of sp³-hybridized carbons (Fsp3) is 0.647. The van der Waals surface area contributed by atoms with Gasteiger partial charge in [0.2, 0.25) is 0 Å². The molecule has 2 atom stereocenters. The van der Waals surface area contributed by atoms with Crippen LogP contribution >= 0.6 is 0 Å². The second kappa shape index (κ2) is 5.44. The number of rotatable bonds is 5. The van der Waals surface area contributed by atoms with Gasteiger partial charge in [-0.3, -0.25) is 0 Å². The van der Waals surface area contributed by atoms with E-state index in [2.05, 4.69) is 57.1 Å². The third-order valence-corrected chi connectivity index (χ3v) is 4.36. The van der Waals surface area contributed by atoms with Crippen LogP contribution < -0.4 is 0 Å². The topological polar surface area (TPSA) is 3.24 Å². The number of unbranched alkanes of at least 4 members (excludes halogenated alkanes) is 1. The Morgan fingerprint density at radius 3 is 2.78 bits per heavy atom. The Labute approximate surface area is 112 Å². The zero-order valence-electron chi connectivity index (χ0n) is 12.4. The van der Waals surface area contributed by atoms with Crippen LogP contribution in [-0.4, -0.2) is 25.5 Å². The molecule has 0 heterocycles. The van der Waals surface area contributed by atoms with E-state index in [0.29, 0.717) is 11.3 Å². The number of hydrogen-bond acceptors (Lipinski definition) is 1. The SMILES string of the molecule is CCCCC1=C(CN(C)C)C2(C)C=CC=CC1C2. The molecule has 2 aliphatic rings. The second-order valence-corrected chi connectivity index (χ2v) is 6.32. The van der Waals surface area contributed by atoms with Crippen LogP contribution in [0.1, 0.15) is 39.5 Å².